The number of halogens is 1. The van der Waals surface area contributed by atoms with Crippen molar-refractivity contribution in [1.29, 1.82) is 5.26 Å². The smallest absolute Gasteiger partial charge is 0.264 e. The lowest BCUT2D eigenvalue weighted by Gasteiger charge is -2.23. The molecule has 5 rings (SSSR count). The predicted octanol–water partition coefficient (Wildman–Crippen LogP) is 5.63. The van der Waals surface area contributed by atoms with Crippen molar-refractivity contribution >= 4 is 39.1 Å². The summed E-state index contributed by atoms with van der Waals surface area (Å²) in [5.41, 5.74) is 3.49. The maximum Gasteiger partial charge on any atom is 0.264 e. The molecule has 160 valence electrons. The van der Waals surface area contributed by atoms with Gasteiger partial charge in [0.25, 0.3) is 5.56 Å². The van der Waals surface area contributed by atoms with E-state index in [2.05, 4.69) is 21.4 Å². The molecule has 5 aromatic rings. The molecule has 0 amide bonds. The Bertz CT molecular complexity index is 1610. The van der Waals surface area contributed by atoms with Gasteiger partial charge < -0.3 is 5.32 Å². The summed E-state index contributed by atoms with van der Waals surface area (Å²) in [5, 5.41) is 14.7. The molecule has 0 saturated carbocycles. The molecule has 3 heterocycles. The maximum absolute atomic E-state index is 13.6. The first-order valence-electron chi connectivity index (χ1n) is 10.4. The molecule has 2 aromatic carbocycles. The minimum Gasteiger partial charge on any atom is -0.374 e. The van der Waals surface area contributed by atoms with E-state index >= 15 is 0 Å². The second-order valence-electron chi connectivity index (χ2n) is 7.65. The van der Waals surface area contributed by atoms with Gasteiger partial charge in [-0.25, -0.2) is 0 Å². The fraction of sp³-hybridized carbons (Fsp3) is 0.0769. The third-order valence-electron chi connectivity index (χ3n) is 5.59. The topological polar surface area (TPSA) is 83.6 Å². The van der Waals surface area contributed by atoms with E-state index in [-0.39, 0.29) is 11.6 Å². The minimum atomic E-state index is -0.346. The third-order valence-corrected chi connectivity index (χ3v) is 5.90. The van der Waals surface area contributed by atoms with E-state index in [0.29, 0.717) is 32.7 Å². The summed E-state index contributed by atoms with van der Waals surface area (Å²) in [7, 11) is 0. The second-order valence-corrected chi connectivity index (χ2v) is 8.05. The van der Waals surface area contributed by atoms with Crippen molar-refractivity contribution in [3.05, 3.63) is 106 Å². The molecule has 3 aromatic heterocycles. The van der Waals surface area contributed by atoms with Crippen LogP contribution < -0.4 is 10.9 Å². The number of hydrogen-bond acceptors (Lipinski definition) is 5. The SMILES string of the molecule is C[C@H](Nc1c(C#N)cnc2cccnc12)c1cc2cccc(Cl)c2c(=O)n1-c1ccccc1. The molecule has 7 heteroatoms. The third kappa shape index (κ3) is 3.59. The number of aromatic nitrogens is 3. The van der Waals surface area contributed by atoms with Crippen LogP contribution in [-0.2, 0) is 0 Å². The van der Waals surface area contributed by atoms with Crippen LogP contribution in [0.3, 0.4) is 0 Å². The number of nitrogens with one attached hydrogen (secondary N) is 1. The Balaban J connectivity index is 1.74. The Hall–Kier alpha value is -4.21. The molecule has 1 atom stereocenters. The molecule has 0 aliphatic heterocycles. The van der Waals surface area contributed by atoms with Gasteiger partial charge in [0.05, 0.1) is 33.2 Å². The van der Waals surface area contributed by atoms with E-state index in [4.69, 9.17) is 11.6 Å². The molecule has 1 N–H and O–H groups in total. The van der Waals surface area contributed by atoms with Crippen LogP contribution in [0.15, 0.2) is 83.9 Å². The molecular weight excluding hydrogens is 434 g/mol. The Labute approximate surface area is 194 Å². The zero-order valence-corrected chi connectivity index (χ0v) is 18.4. The molecule has 0 unspecified atom stereocenters. The van der Waals surface area contributed by atoms with Crippen molar-refractivity contribution < 1.29 is 0 Å². The Morgan fingerprint density at radius 2 is 1.88 bits per heavy atom. The fourth-order valence-electron chi connectivity index (χ4n) is 4.04. The first-order chi connectivity index (χ1) is 16.1. The number of anilines is 1. The number of para-hydroxylation sites is 1. The van der Waals surface area contributed by atoms with E-state index in [9.17, 15) is 10.1 Å². The summed E-state index contributed by atoms with van der Waals surface area (Å²) >= 11 is 6.41. The van der Waals surface area contributed by atoms with Crippen LogP contribution in [0.25, 0.3) is 27.5 Å². The molecule has 0 radical (unpaired) electrons. The first kappa shape index (κ1) is 20.7. The van der Waals surface area contributed by atoms with E-state index in [0.717, 1.165) is 16.8 Å². The quantitative estimate of drug-likeness (QED) is 0.382. The van der Waals surface area contributed by atoms with Crippen LogP contribution in [-0.4, -0.2) is 14.5 Å². The summed E-state index contributed by atoms with van der Waals surface area (Å²) in [6, 6.07) is 22.3. The number of hydrogen-bond donors (Lipinski definition) is 1. The number of benzene rings is 2. The number of nitriles is 1. The minimum absolute atomic E-state index is 0.203. The summed E-state index contributed by atoms with van der Waals surface area (Å²) in [4.78, 5) is 22.4. The predicted molar refractivity (Wildman–Crippen MR) is 131 cm³/mol. The lowest BCUT2D eigenvalue weighted by atomic mass is 10.1. The highest BCUT2D eigenvalue weighted by atomic mass is 35.5. The molecule has 6 nitrogen and oxygen atoms in total. The highest BCUT2D eigenvalue weighted by Crippen LogP contribution is 2.30. The average molecular weight is 452 g/mol. The Morgan fingerprint density at radius 3 is 2.67 bits per heavy atom. The number of pyridine rings is 3. The van der Waals surface area contributed by atoms with Crippen molar-refractivity contribution in [3.63, 3.8) is 0 Å². The largest absolute Gasteiger partial charge is 0.374 e. The van der Waals surface area contributed by atoms with Crippen LogP contribution in [0, 0.1) is 11.3 Å². The number of fused-ring (bicyclic) bond motifs is 2. The molecule has 0 spiro atoms. The highest BCUT2D eigenvalue weighted by molar-refractivity contribution is 6.35. The Morgan fingerprint density at radius 1 is 1.06 bits per heavy atom. The van der Waals surface area contributed by atoms with Crippen LogP contribution in [0.1, 0.15) is 24.2 Å². The van der Waals surface area contributed by atoms with Crippen molar-refractivity contribution in [3.8, 4) is 11.8 Å². The van der Waals surface area contributed by atoms with Gasteiger partial charge in [-0.15, -0.1) is 0 Å². The van der Waals surface area contributed by atoms with Gasteiger partial charge in [0.1, 0.15) is 11.6 Å². The molecule has 0 aliphatic rings. The van der Waals surface area contributed by atoms with E-state index in [1.165, 1.54) is 6.20 Å². The van der Waals surface area contributed by atoms with E-state index < -0.39 is 0 Å². The van der Waals surface area contributed by atoms with E-state index in [1.807, 2.05) is 61.5 Å². The standard InChI is InChI=1S/C26H18ClN5O/c1-16(31-24-18(14-28)15-30-21-11-6-12-29-25(21)24)22-13-17-7-5-10-20(27)23(17)26(33)32(22)19-8-3-2-4-9-19/h2-13,15-16H,1H3,(H,30,31)/t16-/m0/s1. The van der Waals surface area contributed by atoms with Gasteiger partial charge in [0.2, 0.25) is 0 Å². The van der Waals surface area contributed by atoms with Crippen molar-refractivity contribution in [2.45, 2.75) is 13.0 Å². The average Bonchev–Trinajstić information content (AvgIpc) is 2.84. The maximum atomic E-state index is 13.6. The van der Waals surface area contributed by atoms with Crippen LogP contribution in [0.2, 0.25) is 5.02 Å². The van der Waals surface area contributed by atoms with Gasteiger partial charge in [0.15, 0.2) is 0 Å². The molecule has 33 heavy (non-hydrogen) atoms. The fourth-order valence-corrected chi connectivity index (χ4v) is 4.31. The number of rotatable bonds is 4. The zero-order chi connectivity index (χ0) is 22.9. The molecule has 0 aliphatic carbocycles. The summed E-state index contributed by atoms with van der Waals surface area (Å²) < 4.78 is 1.66. The molecule has 0 fully saturated rings. The van der Waals surface area contributed by atoms with Crippen LogP contribution >= 0.6 is 11.6 Å². The van der Waals surface area contributed by atoms with Gasteiger partial charge in [-0.3, -0.25) is 19.3 Å². The van der Waals surface area contributed by atoms with Gasteiger partial charge in [-0.05, 0) is 48.7 Å². The van der Waals surface area contributed by atoms with Gasteiger partial charge >= 0.3 is 0 Å². The summed E-state index contributed by atoms with van der Waals surface area (Å²) in [6.07, 6.45) is 3.20. The molecular formula is C26H18ClN5O. The van der Waals surface area contributed by atoms with Crippen molar-refractivity contribution in [2.24, 2.45) is 0 Å². The van der Waals surface area contributed by atoms with Crippen LogP contribution in [0.5, 0.6) is 0 Å². The second kappa shape index (κ2) is 8.38. The lowest BCUT2D eigenvalue weighted by molar-refractivity contribution is 0.778. The lowest BCUT2D eigenvalue weighted by Crippen LogP contribution is -2.26. The summed E-state index contributed by atoms with van der Waals surface area (Å²) in [6.45, 7) is 1.95. The van der Waals surface area contributed by atoms with Crippen molar-refractivity contribution in [2.75, 3.05) is 5.32 Å². The van der Waals surface area contributed by atoms with Gasteiger partial charge in [-0.2, -0.15) is 5.26 Å². The van der Waals surface area contributed by atoms with Crippen LogP contribution in [0.4, 0.5) is 5.69 Å². The summed E-state index contributed by atoms with van der Waals surface area (Å²) in [5.74, 6) is 0. The number of nitrogens with zero attached hydrogens (tertiary/aromatic N) is 4. The molecule has 0 bridgehead atoms. The van der Waals surface area contributed by atoms with E-state index in [1.54, 1.807) is 22.9 Å². The van der Waals surface area contributed by atoms with Crippen molar-refractivity contribution in [1.82, 2.24) is 14.5 Å². The molecule has 0 saturated heterocycles. The Kier molecular flexibility index (Phi) is 5.25. The van der Waals surface area contributed by atoms with Gasteiger partial charge in [-0.1, -0.05) is 41.9 Å². The van der Waals surface area contributed by atoms with Gasteiger partial charge in [0, 0.05) is 23.8 Å². The first-order valence-corrected chi connectivity index (χ1v) is 10.8. The monoisotopic (exact) mass is 451 g/mol. The highest BCUT2D eigenvalue weighted by Gasteiger charge is 2.20. The zero-order valence-electron chi connectivity index (χ0n) is 17.7. The normalized spacial score (nSPS) is 11.9.